The van der Waals surface area contributed by atoms with E-state index < -0.39 is 0 Å². The van der Waals surface area contributed by atoms with Crippen LogP contribution in [0.3, 0.4) is 0 Å². The van der Waals surface area contributed by atoms with Crippen molar-refractivity contribution in [1.29, 1.82) is 0 Å². The number of thioether (sulfide) groups is 1. The van der Waals surface area contributed by atoms with E-state index in [1.807, 2.05) is 24.3 Å². The first-order valence-electron chi connectivity index (χ1n) is 8.42. The topological polar surface area (TPSA) is 56.8 Å². The molecule has 0 unspecified atom stereocenters. The van der Waals surface area contributed by atoms with Gasteiger partial charge in [0.25, 0.3) is 5.91 Å². The maximum Gasteiger partial charge on any atom is 0.256 e. The highest BCUT2D eigenvalue weighted by Gasteiger charge is 2.14. The Morgan fingerprint density at radius 3 is 2.54 bits per heavy atom. The summed E-state index contributed by atoms with van der Waals surface area (Å²) in [6.45, 7) is 5.08. The van der Waals surface area contributed by atoms with E-state index in [-0.39, 0.29) is 5.91 Å². The van der Waals surface area contributed by atoms with E-state index in [2.05, 4.69) is 19.2 Å². The molecule has 140 valence electrons. The van der Waals surface area contributed by atoms with Gasteiger partial charge in [-0.2, -0.15) is 0 Å². The van der Waals surface area contributed by atoms with Crippen LogP contribution in [0.25, 0.3) is 0 Å². The number of amides is 1. The zero-order valence-electron chi connectivity index (χ0n) is 15.6. The highest BCUT2D eigenvalue weighted by Crippen LogP contribution is 2.31. The second-order valence-electron chi connectivity index (χ2n) is 5.82. The van der Waals surface area contributed by atoms with Gasteiger partial charge < -0.3 is 19.5 Å². The van der Waals surface area contributed by atoms with Crippen LogP contribution in [0.15, 0.2) is 47.4 Å². The van der Waals surface area contributed by atoms with Gasteiger partial charge in [0.1, 0.15) is 6.61 Å². The number of anilines is 1. The number of benzene rings is 2. The highest BCUT2D eigenvalue weighted by atomic mass is 32.2. The van der Waals surface area contributed by atoms with Crippen LogP contribution in [0, 0.1) is 0 Å². The number of nitrogens with one attached hydrogen (secondary N) is 1. The molecule has 2 rings (SSSR count). The molecule has 26 heavy (non-hydrogen) atoms. The van der Waals surface area contributed by atoms with Crippen LogP contribution >= 0.6 is 11.8 Å². The summed E-state index contributed by atoms with van der Waals surface area (Å²) in [5, 5.41) is 3.33. The SMILES string of the molecule is COCCOc1cc(NC(=O)c2ccccc2SC(C)C)ccc1OC. The van der Waals surface area contributed by atoms with Gasteiger partial charge in [0.15, 0.2) is 11.5 Å². The minimum atomic E-state index is -0.151. The standard InChI is InChI=1S/C20H25NO4S/c1-14(2)26-19-8-6-5-7-16(19)20(22)21-15-9-10-17(24-4)18(13-15)25-12-11-23-3/h5-10,13-14H,11-12H2,1-4H3,(H,21,22). The number of carbonyl (C=O) groups excluding carboxylic acids is 1. The first-order valence-corrected chi connectivity index (χ1v) is 9.30. The molecule has 0 heterocycles. The van der Waals surface area contributed by atoms with Crippen LogP contribution in [-0.2, 0) is 4.74 Å². The van der Waals surface area contributed by atoms with E-state index in [1.54, 1.807) is 44.2 Å². The normalized spacial score (nSPS) is 10.7. The van der Waals surface area contributed by atoms with Crippen molar-refractivity contribution < 1.29 is 19.0 Å². The molecule has 0 aromatic heterocycles. The van der Waals surface area contributed by atoms with Gasteiger partial charge in [0, 0.05) is 29.0 Å². The molecule has 0 aliphatic carbocycles. The number of ether oxygens (including phenoxy) is 3. The lowest BCUT2D eigenvalue weighted by Crippen LogP contribution is -2.13. The quantitative estimate of drug-likeness (QED) is 0.517. The van der Waals surface area contributed by atoms with Crippen LogP contribution in [0.4, 0.5) is 5.69 Å². The Morgan fingerprint density at radius 2 is 1.85 bits per heavy atom. The van der Waals surface area contributed by atoms with E-state index in [9.17, 15) is 4.79 Å². The first kappa shape index (κ1) is 20.1. The second kappa shape index (κ2) is 10.1. The van der Waals surface area contributed by atoms with Crippen LogP contribution in [0.5, 0.6) is 11.5 Å². The van der Waals surface area contributed by atoms with E-state index in [4.69, 9.17) is 14.2 Å². The molecule has 0 saturated heterocycles. The van der Waals surface area contributed by atoms with Gasteiger partial charge in [-0.25, -0.2) is 0 Å². The van der Waals surface area contributed by atoms with Crippen molar-refractivity contribution in [2.75, 3.05) is 32.8 Å². The van der Waals surface area contributed by atoms with Gasteiger partial charge in [0.2, 0.25) is 0 Å². The average Bonchev–Trinajstić information content (AvgIpc) is 2.62. The van der Waals surface area contributed by atoms with Gasteiger partial charge in [0.05, 0.1) is 19.3 Å². The molecule has 0 aliphatic rings. The van der Waals surface area contributed by atoms with Crippen LogP contribution < -0.4 is 14.8 Å². The lowest BCUT2D eigenvalue weighted by Gasteiger charge is -2.14. The molecular weight excluding hydrogens is 350 g/mol. The Kier molecular flexibility index (Phi) is 7.81. The Morgan fingerprint density at radius 1 is 1.08 bits per heavy atom. The Balaban J connectivity index is 2.17. The molecular formula is C20H25NO4S. The van der Waals surface area contributed by atoms with Crippen molar-refractivity contribution in [3.63, 3.8) is 0 Å². The fourth-order valence-corrected chi connectivity index (χ4v) is 3.26. The van der Waals surface area contributed by atoms with E-state index >= 15 is 0 Å². The van der Waals surface area contributed by atoms with E-state index in [0.29, 0.717) is 41.2 Å². The number of hydrogen-bond acceptors (Lipinski definition) is 5. The molecule has 5 nitrogen and oxygen atoms in total. The van der Waals surface area contributed by atoms with Crippen molar-refractivity contribution in [1.82, 2.24) is 0 Å². The number of rotatable bonds is 9. The van der Waals surface area contributed by atoms with Gasteiger partial charge in [-0.3, -0.25) is 4.79 Å². The maximum atomic E-state index is 12.7. The fraction of sp³-hybridized carbons (Fsp3) is 0.350. The van der Waals surface area contributed by atoms with Crippen molar-refractivity contribution in [2.24, 2.45) is 0 Å². The Hall–Kier alpha value is -2.18. The molecule has 0 radical (unpaired) electrons. The zero-order chi connectivity index (χ0) is 18.9. The lowest BCUT2D eigenvalue weighted by molar-refractivity contribution is 0.102. The van der Waals surface area contributed by atoms with Gasteiger partial charge in [-0.05, 0) is 24.3 Å². The number of hydrogen-bond donors (Lipinski definition) is 1. The van der Waals surface area contributed by atoms with Gasteiger partial charge >= 0.3 is 0 Å². The molecule has 1 amide bonds. The van der Waals surface area contributed by atoms with Crippen molar-refractivity contribution in [3.05, 3.63) is 48.0 Å². The van der Waals surface area contributed by atoms with E-state index in [0.717, 1.165) is 4.90 Å². The zero-order valence-corrected chi connectivity index (χ0v) is 16.4. The van der Waals surface area contributed by atoms with Crippen molar-refractivity contribution in [2.45, 2.75) is 24.0 Å². The number of methoxy groups -OCH3 is 2. The molecule has 0 aliphatic heterocycles. The third-order valence-corrected chi connectivity index (χ3v) is 4.54. The molecule has 6 heteroatoms. The minimum Gasteiger partial charge on any atom is -0.493 e. The first-order chi connectivity index (χ1) is 12.5. The Bertz CT molecular complexity index is 734. The summed E-state index contributed by atoms with van der Waals surface area (Å²) in [5.74, 6) is 1.02. The minimum absolute atomic E-state index is 0.151. The molecule has 0 bridgehead atoms. The summed E-state index contributed by atoms with van der Waals surface area (Å²) in [6, 6.07) is 12.9. The van der Waals surface area contributed by atoms with Gasteiger partial charge in [-0.1, -0.05) is 26.0 Å². The van der Waals surface area contributed by atoms with Gasteiger partial charge in [-0.15, -0.1) is 11.8 Å². The van der Waals surface area contributed by atoms with Crippen LogP contribution in [0.2, 0.25) is 0 Å². The fourth-order valence-electron chi connectivity index (χ4n) is 2.31. The monoisotopic (exact) mass is 375 g/mol. The molecule has 0 atom stereocenters. The Labute approximate surface area is 159 Å². The molecule has 0 spiro atoms. The maximum absolute atomic E-state index is 12.7. The number of carbonyl (C=O) groups is 1. The van der Waals surface area contributed by atoms with E-state index in [1.165, 1.54) is 0 Å². The molecule has 0 fully saturated rings. The lowest BCUT2D eigenvalue weighted by atomic mass is 10.2. The van der Waals surface area contributed by atoms with Crippen molar-refractivity contribution in [3.8, 4) is 11.5 Å². The third kappa shape index (κ3) is 5.68. The molecule has 2 aromatic carbocycles. The average molecular weight is 375 g/mol. The third-order valence-electron chi connectivity index (χ3n) is 3.46. The summed E-state index contributed by atoms with van der Waals surface area (Å²) >= 11 is 1.67. The van der Waals surface area contributed by atoms with Crippen molar-refractivity contribution >= 4 is 23.4 Å². The molecule has 0 saturated carbocycles. The smallest absolute Gasteiger partial charge is 0.256 e. The summed E-state index contributed by atoms with van der Waals surface area (Å²) in [6.07, 6.45) is 0. The molecule has 2 aromatic rings. The summed E-state index contributed by atoms with van der Waals surface area (Å²) in [4.78, 5) is 13.7. The largest absolute Gasteiger partial charge is 0.493 e. The van der Waals surface area contributed by atoms with Crippen LogP contribution in [-0.4, -0.2) is 38.6 Å². The summed E-state index contributed by atoms with van der Waals surface area (Å²) < 4.78 is 16.0. The highest BCUT2D eigenvalue weighted by molar-refractivity contribution is 8.00. The second-order valence-corrected chi connectivity index (χ2v) is 7.44. The summed E-state index contributed by atoms with van der Waals surface area (Å²) in [5.41, 5.74) is 1.30. The molecule has 1 N–H and O–H groups in total. The summed E-state index contributed by atoms with van der Waals surface area (Å²) in [7, 11) is 3.19. The van der Waals surface area contributed by atoms with Crippen LogP contribution in [0.1, 0.15) is 24.2 Å². The predicted molar refractivity (Wildman–Crippen MR) is 106 cm³/mol. The predicted octanol–water partition coefficient (Wildman–Crippen LogP) is 4.47.